The van der Waals surface area contributed by atoms with Gasteiger partial charge in [0.25, 0.3) is 0 Å². The molecule has 0 spiro atoms. The van der Waals surface area contributed by atoms with Crippen molar-refractivity contribution in [1.82, 2.24) is 10.2 Å². The highest BCUT2D eigenvalue weighted by atomic mass is 16.5. The van der Waals surface area contributed by atoms with Crippen LogP contribution < -0.4 is 10.1 Å². The fourth-order valence-electron chi connectivity index (χ4n) is 2.85. The average Bonchev–Trinajstić information content (AvgIpc) is 2.52. The van der Waals surface area contributed by atoms with E-state index < -0.39 is 0 Å². The van der Waals surface area contributed by atoms with Crippen LogP contribution in [0, 0.1) is 0 Å². The fraction of sp³-hybridized carbons (Fsp3) is 0.647. The van der Waals surface area contributed by atoms with Gasteiger partial charge >= 0.3 is 0 Å². The number of piperidine rings is 1. The summed E-state index contributed by atoms with van der Waals surface area (Å²) in [7, 11) is 1.57. The minimum Gasteiger partial charge on any atom is -0.504 e. The van der Waals surface area contributed by atoms with Gasteiger partial charge in [0.1, 0.15) is 0 Å². The highest BCUT2D eigenvalue weighted by molar-refractivity contribution is 5.41. The lowest BCUT2D eigenvalue weighted by Gasteiger charge is -2.32. The van der Waals surface area contributed by atoms with E-state index in [-0.39, 0.29) is 5.75 Å². The number of methoxy groups -OCH3 is 1. The van der Waals surface area contributed by atoms with Crippen molar-refractivity contribution in [3.8, 4) is 11.5 Å². The molecule has 1 aliphatic rings. The molecule has 1 fully saturated rings. The minimum atomic E-state index is 0.214. The summed E-state index contributed by atoms with van der Waals surface area (Å²) in [5.74, 6) is 0.745. The molecule has 2 N–H and O–H groups in total. The van der Waals surface area contributed by atoms with Crippen LogP contribution in [0.3, 0.4) is 0 Å². The molecule has 21 heavy (non-hydrogen) atoms. The molecule has 1 heterocycles. The zero-order valence-corrected chi connectivity index (χ0v) is 13.3. The topological polar surface area (TPSA) is 44.7 Å². The molecule has 1 aromatic rings. The van der Waals surface area contributed by atoms with E-state index in [9.17, 15) is 5.11 Å². The molecule has 0 amide bonds. The molecule has 1 aliphatic heterocycles. The number of benzene rings is 1. The summed E-state index contributed by atoms with van der Waals surface area (Å²) in [6, 6.07) is 6.19. The number of unbranched alkanes of at least 4 members (excludes halogenated alkanes) is 1. The van der Waals surface area contributed by atoms with Crippen LogP contribution in [0.1, 0.15) is 38.2 Å². The Kier molecular flexibility index (Phi) is 6.33. The predicted octanol–water partition coefficient (Wildman–Crippen LogP) is 2.75. The highest BCUT2D eigenvalue weighted by Gasteiger charge is 2.18. The lowest BCUT2D eigenvalue weighted by molar-refractivity contribution is 0.195. The number of rotatable bonds is 7. The second-order valence-corrected chi connectivity index (χ2v) is 5.86. The summed E-state index contributed by atoms with van der Waals surface area (Å²) in [6.07, 6.45) is 5.01. The monoisotopic (exact) mass is 292 g/mol. The Morgan fingerprint density at radius 2 is 2.10 bits per heavy atom. The largest absolute Gasteiger partial charge is 0.504 e. The molecular formula is C17H28N2O2. The van der Waals surface area contributed by atoms with E-state index in [0.29, 0.717) is 11.8 Å². The molecule has 0 atom stereocenters. The number of hydrogen-bond acceptors (Lipinski definition) is 4. The SMILES string of the molecule is CCCCN1CCC(NCc2ccc(OC)c(O)c2)CC1. The van der Waals surface area contributed by atoms with Crippen molar-refractivity contribution in [3.63, 3.8) is 0 Å². The standard InChI is InChI=1S/C17H28N2O2/c1-3-4-9-19-10-7-15(8-11-19)18-13-14-5-6-17(21-2)16(20)12-14/h5-6,12,15,18,20H,3-4,7-11,13H2,1-2H3. The zero-order chi connectivity index (χ0) is 15.1. The Labute approximate surface area is 128 Å². The third-order valence-corrected chi connectivity index (χ3v) is 4.25. The van der Waals surface area contributed by atoms with Gasteiger partial charge in [0.2, 0.25) is 0 Å². The van der Waals surface area contributed by atoms with E-state index in [1.807, 2.05) is 12.1 Å². The maximum atomic E-state index is 9.79. The first kappa shape index (κ1) is 16.1. The number of hydrogen-bond donors (Lipinski definition) is 2. The van der Waals surface area contributed by atoms with Gasteiger partial charge < -0.3 is 20.1 Å². The van der Waals surface area contributed by atoms with Crippen LogP contribution >= 0.6 is 0 Å². The second kappa shape index (κ2) is 8.25. The number of nitrogens with zero attached hydrogens (tertiary/aromatic N) is 1. The average molecular weight is 292 g/mol. The first-order chi connectivity index (χ1) is 10.2. The van der Waals surface area contributed by atoms with Gasteiger partial charge in [-0.3, -0.25) is 0 Å². The van der Waals surface area contributed by atoms with Gasteiger partial charge in [-0.15, -0.1) is 0 Å². The summed E-state index contributed by atoms with van der Waals surface area (Å²) in [4.78, 5) is 2.57. The molecule has 0 bridgehead atoms. The number of nitrogens with one attached hydrogen (secondary N) is 1. The third kappa shape index (κ3) is 4.90. The van der Waals surface area contributed by atoms with E-state index in [0.717, 1.165) is 12.1 Å². The third-order valence-electron chi connectivity index (χ3n) is 4.25. The molecule has 2 rings (SSSR count). The van der Waals surface area contributed by atoms with E-state index in [1.54, 1.807) is 13.2 Å². The Balaban J connectivity index is 1.73. The van der Waals surface area contributed by atoms with E-state index in [1.165, 1.54) is 45.3 Å². The molecule has 1 saturated heterocycles. The van der Waals surface area contributed by atoms with Crippen molar-refractivity contribution < 1.29 is 9.84 Å². The quantitative estimate of drug-likeness (QED) is 0.811. The van der Waals surface area contributed by atoms with Gasteiger partial charge in [-0.05, 0) is 56.6 Å². The Morgan fingerprint density at radius 3 is 2.71 bits per heavy atom. The van der Waals surface area contributed by atoms with Crippen molar-refractivity contribution in [2.45, 2.75) is 45.2 Å². The van der Waals surface area contributed by atoms with Crippen molar-refractivity contribution in [3.05, 3.63) is 23.8 Å². The van der Waals surface area contributed by atoms with Crippen LogP contribution in [0.15, 0.2) is 18.2 Å². The molecule has 0 saturated carbocycles. The van der Waals surface area contributed by atoms with Gasteiger partial charge in [0, 0.05) is 12.6 Å². The number of phenolic OH excluding ortho intramolecular Hbond substituents is 1. The summed E-state index contributed by atoms with van der Waals surface area (Å²) >= 11 is 0. The Hall–Kier alpha value is -1.26. The summed E-state index contributed by atoms with van der Waals surface area (Å²) in [6.45, 7) is 6.70. The van der Waals surface area contributed by atoms with Crippen LogP contribution in [-0.2, 0) is 6.54 Å². The van der Waals surface area contributed by atoms with Crippen molar-refractivity contribution in [2.75, 3.05) is 26.7 Å². The molecule has 0 radical (unpaired) electrons. The van der Waals surface area contributed by atoms with Gasteiger partial charge in [-0.1, -0.05) is 19.4 Å². The lowest BCUT2D eigenvalue weighted by Crippen LogP contribution is -2.42. The molecular weight excluding hydrogens is 264 g/mol. The van der Waals surface area contributed by atoms with Crippen molar-refractivity contribution in [2.24, 2.45) is 0 Å². The highest BCUT2D eigenvalue weighted by Crippen LogP contribution is 2.26. The van der Waals surface area contributed by atoms with Gasteiger partial charge in [-0.2, -0.15) is 0 Å². The van der Waals surface area contributed by atoms with Gasteiger partial charge in [0.15, 0.2) is 11.5 Å². The maximum Gasteiger partial charge on any atom is 0.160 e. The number of ether oxygens (including phenoxy) is 1. The van der Waals surface area contributed by atoms with Gasteiger partial charge in [-0.25, -0.2) is 0 Å². The van der Waals surface area contributed by atoms with Crippen LogP contribution in [0.25, 0.3) is 0 Å². The number of aromatic hydroxyl groups is 1. The molecule has 118 valence electrons. The Morgan fingerprint density at radius 1 is 1.33 bits per heavy atom. The van der Waals surface area contributed by atoms with Crippen LogP contribution in [0.4, 0.5) is 0 Å². The van der Waals surface area contributed by atoms with Crippen molar-refractivity contribution >= 4 is 0 Å². The van der Waals surface area contributed by atoms with E-state index in [4.69, 9.17) is 4.74 Å². The van der Waals surface area contributed by atoms with Crippen LogP contribution in [0.2, 0.25) is 0 Å². The zero-order valence-electron chi connectivity index (χ0n) is 13.3. The smallest absolute Gasteiger partial charge is 0.160 e. The van der Waals surface area contributed by atoms with Crippen molar-refractivity contribution in [1.29, 1.82) is 0 Å². The number of likely N-dealkylation sites (tertiary alicyclic amines) is 1. The first-order valence-corrected chi connectivity index (χ1v) is 8.04. The maximum absolute atomic E-state index is 9.79. The molecule has 4 nitrogen and oxygen atoms in total. The normalized spacial score (nSPS) is 17.0. The van der Waals surface area contributed by atoms with Crippen LogP contribution in [0.5, 0.6) is 11.5 Å². The number of phenols is 1. The van der Waals surface area contributed by atoms with E-state index in [2.05, 4.69) is 17.1 Å². The minimum absolute atomic E-state index is 0.214. The predicted molar refractivity (Wildman–Crippen MR) is 85.9 cm³/mol. The molecule has 0 aliphatic carbocycles. The first-order valence-electron chi connectivity index (χ1n) is 8.04. The molecule has 0 aromatic heterocycles. The summed E-state index contributed by atoms with van der Waals surface area (Å²) < 4.78 is 5.06. The summed E-state index contributed by atoms with van der Waals surface area (Å²) in [5.41, 5.74) is 1.10. The van der Waals surface area contributed by atoms with Gasteiger partial charge in [0.05, 0.1) is 7.11 Å². The molecule has 1 aromatic carbocycles. The fourth-order valence-corrected chi connectivity index (χ4v) is 2.85. The Bertz CT molecular complexity index is 429. The summed E-state index contributed by atoms with van der Waals surface area (Å²) in [5, 5.41) is 13.4. The lowest BCUT2D eigenvalue weighted by atomic mass is 10.0. The molecule has 4 heteroatoms. The molecule has 0 unspecified atom stereocenters. The second-order valence-electron chi connectivity index (χ2n) is 5.86. The van der Waals surface area contributed by atoms with Crippen LogP contribution in [-0.4, -0.2) is 42.8 Å². The van der Waals surface area contributed by atoms with E-state index >= 15 is 0 Å².